The molecule has 2 aliphatic carbocycles. The Labute approximate surface area is 77.4 Å². The average molecular weight is 182 g/mol. The second-order valence-electron chi connectivity index (χ2n) is 4.48. The van der Waals surface area contributed by atoms with Crippen molar-refractivity contribution in [1.29, 1.82) is 0 Å². The molecule has 2 aliphatic rings. The lowest BCUT2D eigenvalue weighted by Crippen LogP contribution is -2.35. The standard InChI is InChI=1S/C10H14O3/c1-9(2)8-6(11)4-5-7(12)10(8,9)13-3/h8H,4-5H2,1-3H3. The number of rotatable bonds is 1. The van der Waals surface area contributed by atoms with Gasteiger partial charge < -0.3 is 4.74 Å². The van der Waals surface area contributed by atoms with Crippen LogP contribution in [0, 0.1) is 11.3 Å². The van der Waals surface area contributed by atoms with Crippen molar-refractivity contribution in [3.8, 4) is 0 Å². The molecule has 0 aromatic heterocycles. The predicted octanol–water partition coefficient (Wildman–Crippen LogP) is 0.960. The maximum atomic E-state index is 11.7. The number of ketones is 2. The fourth-order valence-electron chi connectivity index (χ4n) is 2.93. The Morgan fingerprint density at radius 1 is 1.31 bits per heavy atom. The van der Waals surface area contributed by atoms with Gasteiger partial charge in [-0.05, 0) is 0 Å². The lowest BCUT2D eigenvalue weighted by molar-refractivity contribution is -0.141. The number of ether oxygens (including phenoxy) is 1. The molecule has 0 amide bonds. The SMILES string of the molecule is COC12C(=O)CCC(=O)C1C2(C)C. The summed E-state index contributed by atoms with van der Waals surface area (Å²) in [7, 11) is 1.53. The van der Waals surface area contributed by atoms with Crippen molar-refractivity contribution >= 4 is 11.6 Å². The molecule has 72 valence electrons. The molecule has 3 nitrogen and oxygen atoms in total. The topological polar surface area (TPSA) is 43.4 Å². The highest BCUT2D eigenvalue weighted by atomic mass is 16.5. The van der Waals surface area contributed by atoms with Crippen LogP contribution in [-0.2, 0) is 14.3 Å². The zero-order valence-electron chi connectivity index (χ0n) is 8.22. The molecule has 0 aliphatic heterocycles. The molecule has 2 saturated carbocycles. The summed E-state index contributed by atoms with van der Waals surface area (Å²) < 4.78 is 5.28. The van der Waals surface area contributed by atoms with Gasteiger partial charge in [-0.2, -0.15) is 0 Å². The number of carbonyl (C=O) groups is 2. The molecule has 2 rings (SSSR count). The summed E-state index contributed by atoms with van der Waals surface area (Å²) in [6.45, 7) is 3.87. The average Bonchev–Trinajstić information content (AvgIpc) is 2.59. The number of fused-ring (bicyclic) bond motifs is 1. The van der Waals surface area contributed by atoms with Crippen LogP contribution in [0.1, 0.15) is 26.7 Å². The third kappa shape index (κ3) is 0.742. The Balaban J connectivity index is 2.42. The van der Waals surface area contributed by atoms with Gasteiger partial charge in [-0.15, -0.1) is 0 Å². The monoisotopic (exact) mass is 182 g/mol. The molecule has 13 heavy (non-hydrogen) atoms. The van der Waals surface area contributed by atoms with E-state index in [2.05, 4.69) is 0 Å². The molecule has 0 radical (unpaired) electrons. The molecular formula is C10H14O3. The first-order valence-corrected chi connectivity index (χ1v) is 4.59. The lowest BCUT2D eigenvalue weighted by atomic mass is 9.95. The van der Waals surface area contributed by atoms with E-state index in [1.165, 1.54) is 7.11 Å². The lowest BCUT2D eigenvalue weighted by Gasteiger charge is -2.19. The molecule has 2 unspecified atom stereocenters. The van der Waals surface area contributed by atoms with E-state index in [4.69, 9.17) is 4.74 Å². The molecule has 2 atom stereocenters. The van der Waals surface area contributed by atoms with Crippen LogP contribution >= 0.6 is 0 Å². The first kappa shape index (κ1) is 8.88. The zero-order chi connectivity index (χ0) is 9.85. The van der Waals surface area contributed by atoms with Crippen molar-refractivity contribution in [2.24, 2.45) is 11.3 Å². The van der Waals surface area contributed by atoms with Gasteiger partial charge in [-0.3, -0.25) is 9.59 Å². The van der Waals surface area contributed by atoms with Crippen molar-refractivity contribution in [3.63, 3.8) is 0 Å². The van der Waals surface area contributed by atoms with E-state index >= 15 is 0 Å². The van der Waals surface area contributed by atoms with Crippen molar-refractivity contribution in [3.05, 3.63) is 0 Å². The highest BCUT2D eigenvalue weighted by Crippen LogP contribution is 2.67. The van der Waals surface area contributed by atoms with Crippen LogP contribution in [0.3, 0.4) is 0 Å². The second kappa shape index (κ2) is 2.21. The van der Waals surface area contributed by atoms with Crippen LogP contribution in [0.4, 0.5) is 0 Å². The Morgan fingerprint density at radius 3 is 2.38 bits per heavy atom. The third-order valence-electron chi connectivity index (χ3n) is 3.66. The summed E-state index contributed by atoms with van der Waals surface area (Å²) in [5, 5.41) is 0. The van der Waals surface area contributed by atoms with Gasteiger partial charge in [0.15, 0.2) is 5.78 Å². The van der Waals surface area contributed by atoms with Crippen molar-refractivity contribution in [2.75, 3.05) is 7.11 Å². The Kier molecular flexibility index (Phi) is 1.51. The van der Waals surface area contributed by atoms with Gasteiger partial charge in [-0.25, -0.2) is 0 Å². The molecule has 0 heterocycles. The zero-order valence-corrected chi connectivity index (χ0v) is 8.22. The maximum Gasteiger partial charge on any atom is 0.166 e. The van der Waals surface area contributed by atoms with E-state index in [9.17, 15) is 9.59 Å². The smallest absolute Gasteiger partial charge is 0.166 e. The summed E-state index contributed by atoms with van der Waals surface area (Å²) in [6.07, 6.45) is 0.755. The van der Waals surface area contributed by atoms with E-state index in [0.717, 1.165) is 0 Å². The molecule has 0 N–H and O–H groups in total. The van der Waals surface area contributed by atoms with E-state index in [1.54, 1.807) is 0 Å². The first-order chi connectivity index (χ1) is 5.98. The van der Waals surface area contributed by atoms with E-state index in [-0.39, 0.29) is 22.9 Å². The van der Waals surface area contributed by atoms with Gasteiger partial charge in [0.05, 0.1) is 5.92 Å². The summed E-state index contributed by atoms with van der Waals surface area (Å²) in [5.74, 6) is 0.0994. The highest BCUT2D eigenvalue weighted by molar-refractivity contribution is 6.07. The molecule has 0 aromatic rings. The molecule has 0 spiro atoms. The summed E-state index contributed by atoms with van der Waals surface area (Å²) in [4.78, 5) is 23.2. The fourth-order valence-corrected chi connectivity index (χ4v) is 2.93. The van der Waals surface area contributed by atoms with Crippen LogP contribution in [0.15, 0.2) is 0 Å². The van der Waals surface area contributed by atoms with Crippen LogP contribution in [0.25, 0.3) is 0 Å². The van der Waals surface area contributed by atoms with Gasteiger partial charge in [0.25, 0.3) is 0 Å². The number of Topliss-reactive ketones (excluding diaryl/α,β-unsaturated/α-hetero) is 2. The summed E-state index contributed by atoms with van der Waals surface area (Å²) in [5.41, 5.74) is -1.06. The van der Waals surface area contributed by atoms with Crippen LogP contribution < -0.4 is 0 Å². The largest absolute Gasteiger partial charge is 0.369 e. The van der Waals surface area contributed by atoms with Crippen molar-refractivity contribution in [1.82, 2.24) is 0 Å². The summed E-state index contributed by atoms with van der Waals surface area (Å²) in [6, 6.07) is 0. The van der Waals surface area contributed by atoms with E-state index in [1.807, 2.05) is 13.8 Å². The second-order valence-corrected chi connectivity index (χ2v) is 4.48. The van der Waals surface area contributed by atoms with Crippen LogP contribution in [-0.4, -0.2) is 24.3 Å². The number of methoxy groups -OCH3 is 1. The molecule has 0 bridgehead atoms. The van der Waals surface area contributed by atoms with Gasteiger partial charge in [0, 0.05) is 25.4 Å². The van der Waals surface area contributed by atoms with Gasteiger partial charge in [0.1, 0.15) is 11.4 Å². The summed E-state index contributed by atoms with van der Waals surface area (Å²) >= 11 is 0. The van der Waals surface area contributed by atoms with E-state index in [0.29, 0.717) is 12.8 Å². The van der Waals surface area contributed by atoms with Gasteiger partial charge in [0.2, 0.25) is 0 Å². The third-order valence-corrected chi connectivity index (χ3v) is 3.66. The van der Waals surface area contributed by atoms with Crippen molar-refractivity contribution < 1.29 is 14.3 Å². The predicted molar refractivity (Wildman–Crippen MR) is 46.3 cm³/mol. The molecule has 2 fully saturated rings. The fraction of sp³-hybridized carbons (Fsp3) is 0.800. The Bertz CT molecular complexity index is 293. The van der Waals surface area contributed by atoms with Gasteiger partial charge in [-0.1, -0.05) is 13.8 Å². The Morgan fingerprint density at radius 2 is 1.92 bits per heavy atom. The minimum Gasteiger partial charge on any atom is -0.369 e. The number of carbonyl (C=O) groups excluding carboxylic acids is 2. The van der Waals surface area contributed by atoms with Gasteiger partial charge >= 0.3 is 0 Å². The number of hydrogen-bond acceptors (Lipinski definition) is 3. The molecule has 0 saturated heterocycles. The highest BCUT2D eigenvalue weighted by Gasteiger charge is 2.79. The minimum atomic E-state index is -0.775. The van der Waals surface area contributed by atoms with E-state index < -0.39 is 5.60 Å². The normalized spacial score (nSPS) is 41.6. The first-order valence-electron chi connectivity index (χ1n) is 4.59. The quantitative estimate of drug-likeness (QED) is 0.606. The molecular weight excluding hydrogens is 168 g/mol. The van der Waals surface area contributed by atoms with Crippen LogP contribution in [0.5, 0.6) is 0 Å². The molecule has 0 aromatic carbocycles. The Hall–Kier alpha value is -0.700. The maximum absolute atomic E-state index is 11.7. The minimum absolute atomic E-state index is 0.101. The van der Waals surface area contributed by atoms with Crippen molar-refractivity contribution in [2.45, 2.75) is 32.3 Å². The van der Waals surface area contributed by atoms with Crippen LogP contribution in [0.2, 0.25) is 0 Å². The number of hydrogen-bond donors (Lipinski definition) is 0. The molecule has 3 heteroatoms.